The highest BCUT2D eigenvalue weighted by Gasteiger charge is 2.29. The Morgan fingerprint density at radius 2 is 2.25 bits per heavy atom. The second-order valence-corrected chi connectivity index (χ2v) is 3.28. The molecule has 1 amide bonds. The Labute approximate surface area is 72.0 Å². The first-order chi connectivity index (χ1) is 5.79. The van der Waals surface area contributed by atoms with Crippen molar-refractivity contribution in [2.24, 2.45) is 0 Å². The summed E-state index contributed by atoms with van der Waals surface area (Å²) < 4.78 is 5.32. The van der Waals surface area contributed by atoms with E-state index in [1.165, 1.54) is 0 Å². The molecule has 66 valence electrons. The minimum Gasteiger partial charge on any atom is -0.498 e. The van der Waals surface area contributed by atoms with Gasteiger partial charge in [0.1, 0.15) is 5.76 Å². The highest BCUT2D eigenvalue weighted by Crippen LogP contribution is 2.22. The summed E-state index contributed by atoms with van der Waals surface area (Å²) in [5, 5.41) is 0. The van der Waals surface area contributed by atoms with E-state index in [2.05, 4.69) is 0 Å². The number of hydrogen-bond acceptors (Lipinski definition) is 2. The van der Waals surface area contributed by atoms with Gasteiger partial charge in [-0.2, -0.15) is 0 Å². The average Bonchev–Trinajstić information content (AvgIpc) is 2.86. The van der Waals surface area contributed by atoms with Crippen molar-refractivity contribution in [3.05, 3.63) is 11.3 Å². The molecular weight excluding hydrogens is 154 g/mol. The standard InChI is InChI=1S/C9H13NO2/c1-7-8(3-2-6-12-7)9(11)10-4-5-10/h2-6H2,1H3. The number of nitrogens with zero attached hydrogens (tertiary/aromatic N) is 1. The zero-order chi connectivity index (χ0) is 8.55. The Balaban J connectivity index is 2.13. The molecule has 2 heterocycles. The lowest BCUT2D eigenvalue weighted by Gasteiger charge is -2.17. The van der Waals surface area contributed by atoms with Crippen molar-refractivity contribution in [2.75, 3.05) is 19.7 Å². The first-order valence-electron chi connectivity index (χ1n) is 4.41. The van der Waals surface area contributed by atoms with Crippen LogP contribution in [0.25, 0.3) is 0 Å². The minimum atomic E-state index is 0.187. The highest BCUT2D eigenvalue weighted by atomic mass is 16.5. The van der Waals surface area contributed by atoms with E-state index in [0.29, 0.717) is 0 Å². The molecule has 12 heavy (non-hydrogen) atoms. The number of carbonyl (C=O) groups excluding carboxylic acids is 1. The number of hydrogen-bond donors (Lipinski definition) is 0. The molecule has 1 fully saturated rings. The molecule has 2 aliphatic heterocycles. The van der Waals surface area contributed by atoms with E-state index in [-0.39, 0.29) is 5.91 Å². The second kappa shape index (κ2) is 2.81. The quantitative estimate of drug-likeness (QED) is 0.543. The Morgan fingerprint density at radius 1 is 1.50 bits per heavy atom. The highest BCUT2D eigenvalue weighted by molar-refractivity contribution is 5.95. The molecule has 2 aliphatic rings. The number of carbonyl (C=O) groups is 1. The molecule has 3 nitrogen and oxygen atoms in total. The van der Waals surface area contributed by atoms with Gasteiger partial charge < -0.3 is 9.64 Å². The van der Waals surface area contributed by atoms with Crippen molar-refractivity contribution in [1.82, 2.24) is 4.90 Å². The summed E-state index contributed by atoms with van der Waals surface area (Å²) in [6.45, 7) is 4.50. The van der Waals surface area contributed by atoms with Crippen LogP contribution >= 0.6 is 0 Å². The zero-order valence-electron chi connectivity index (χ0n) is 7.30. The summed E-state index contributed by atoms with van der Waals surface area (Å²) in [5.74, 6) is 1.02. The molecule has 0 atom stereocenters. The zero-order valence-corrected chi connectivity index (χ0v) is 7.30. The molecule has 2 rings (SSSR count). The Kier molecular flexibility index (Phi) is 1.79. The molecule has 0 aromatic heterocycles. The van der Waals surface area contributed by atoms with E-state index < -0.39 is 0 Å². The van der Waals surface area contributed by atoms with E-state index >= 15 is 0 Å². The fraction of sp³-hybridized carbons (Fsp3) is 0.667. The van der Waals surface area contributed by atoms with Gasteiger partial charge in [0.05, 0.1) is 12.2 Å². The van der Waals surface area contributed by atoms with Crippen LogP contribution in [0.1, 0.15) is 19.8 Å². The van der Waals surface area contributed by atoms with E-state index in [1.807, 2.05) is 11.8 Å². The van der Waals surface area contributed by atoms with Gasteiger partial charge in [0, 0.05) is 13.1 Å². The van der Waals surface area contributed by atoms with Gasteiger partial charge in [0.15, 0.2) is 0 Å². The van der Waals surface area contributed by atoms with Crippen LogP contribution in [0, 0.1) is 0 Å². The third-order valence-electron chi connectivity index (χ3n) is 2.31. The van der Waals surface area contributed by atoms with Gasteiger partial charge in [0.25, 0.3) is 5.91 Å². The van der Waals surface area contributed by atoms with Crippen LogP contribution in [0.4, 0.5) is 0 Å². The topological polar surface area (TPSA) is 29.3 Å². The first kappa shape index (κ1) is 7.65. The van der Waals surface area contributed by atoms with Crippen molar-refractivity contribution >= 4 is 5.91 Å². The molecular formula is C9H13NO2. The van der Waals surface area contributed by atoms with Gasteiger partial charge in [-0.15, -0.1) is 0 Å². The molecule has 0 aliphatic carbocycles. The van der Waals surface area contributed by atoms with E-state index in [1.54, 1.807) is 0 Å². The van der Waals surface area contributed by atoms with Gasteiger partial charge in [0.2, 0.25) is 0 Å². The number of amides is 1. The molecule has 0 saturated carbocycles. The predicted octanol–water partition coefficient (Wildman–Crippen LogP) is 0.913. The van der Waals surface area contributed by atoms with Crippen molar-refractivity contribution in [3.63, 3.8) is 0 Å². The molecule has 0 N–H and O–H groups in total. The molecule has 0 aromatic carbocycles. The molecule has 0 aromatic rings. The third kappa shape index (κ3) is 1.31. The van der Waals surface area contributed by atoms with Crippen LogP contribution in [0.2, 0.25) is 0 Å². The Morgan fingerprint density at radius 3 is 2.83 bits per heavy atom. The van der Waals surface area contributed by atoms with Crippen LogP contribution in [-0.4, -0.2) is 30.5 Å². The van der Waals surface area contributed by atoms with Crippen LogP contribution in [0.15, 0.2) is 11.3 Å². The van der Waals surface area contributed by atoms with Crippen LogP contribution in [-0.2, 0) is 9.53 Å². The molecule has 3 heteroatoms. The molecule has 0 bridgehead atoms. The molecule has 0 radical (unpaired) electrons. The molecule has 0 unspecified atom stereocenters. The van der Waals surface area contributed by atoms with Gasteiger partial charge in [-0.05, 0) is 19.8 Å². The van der Waals surface area contributed by atoms with E-state index in [0.717, 1.165) is 43.9 Å². The number of rotatable bonds is 1. The second-order valence-electron chi connectivity index (χ2n) is 3.28. The smallest absolute Gasteiger partial charge is 0.253 e. The summed E-state index contributed by atoms with van der Waals surface area (Å²) in [6.07, 6.45) is 1.87. The normalized spacial score (nSPS) is 22.2. The lowest BCUT2D eigenvalue weighted by atomic mass is 10.1. The number of ether oxygens (including phenoxy) is 1. The van der Waals surface area contributed by atoms with Gasteiger partial charge >= 0.3 is 0 Å². The summed E-state index contributed by atoms with van der Waals surface area (Å²) >= 11 is 0. The maximum absolute atomic E-state index is 11.6. The number of allylic oxidation sites excluding steroid dienone is 1. The minimum absolute atomic E-state index is 0.187. The predicted molar refractivity (Wildman–Crippen MR) is 44.5 cm³/mol. The summed E-state index contributed by atoms with van der Waals surface area (Å²) in [7, 11) is 0. The van der Waals surface area contributed by atoms with Crippen LogP contribution in [0.5, 0.6) is 0 Å². The summed E-state index contributed by atoms with van der Waals surface area (Å²) in [6, 6.07) is 0. The van der Waals surface area contributed by atoms with Crippen molar-refractivity contribution in [2.45, 2.75) is 19.8 Å². The van der Waals surface area contributed by atoms with Crippen LogP contribution < -0.4 is 0 Å². The van der Waals surface area contributed by atoms with E-state index in [4.69, 9.17) is 4.74 Å². The van der Waals surface area contributed by atoms with Crippen molar-refractivity contribution in [1.29, 1.82) is 0 Å². The Bertz CT molecular complexity index is 241. The molecule has 0 spiro atoms. The van der Waals surface area contributed by atoms with Gasteiger partial charge in [-0.1, -0.05) is 0 Å². The summed E-state index contributed by atoms with van der Waals surface area (Å²) in [5.41, 5.74) is 0.888. The monoisotopic (exact) mass is 167 g/mol. The van der Waals surface area contributed by atoms with Gasteiger partial charge in [-0.3, -0.25) is 4.79 Å². The van der Waals surface area contributed by atoms with Crippen LogP contribution in [0.3, 0.4) is 0 Å². The first-order valence-corrected chi connectivity index (χ1v) is 4.41. The third-order valence-corrected chi connectivity index (χ3v) is 2.31. The molecule has 1 saturated heterocycles. The maximum atomic E-state index is 11.6. The van der Waals surface area contributed by atoms with Crippen molar-refractivity contribution in [3.8, 4) is 0 Å². The largest absolute Gasteiger partial charge is 0.498 e. The fourth-order valence-corrected chi connectivity index (χ4v) is 1.44. The average molecular weight is 167 g/mol. The summed E-state index contributed by atoms with van der Waals surface area (Å²) in [4.78, 5) is 13.4. The maximum Gasteiger partial charge on any atom is 0.253 e. The van der Waals surface area contributed by atoms with Crippen molar-refractivity contribution < 1.29 is 9.53 Å². The lowest BCUT2D eigenvalue weighted by molar-refractivity contribution is -0.122. The SMILES string of the molecule is CC1=C(C(=O)N2CC2)CCCO1. The Hall–Kier alpha value is -0.990. The van der Waals surface area contributed by atoms with E-state index in [9.17, 15) is 4.79 Å². The lowest BCUT2D eigenvalue weighted by Crippen LogP contribution is -2.18. The fourth-order valence-electron chi connectivity index (χ4n) is 1.44. The van der Waals surface area contributed by atoms with Gasteiger partial charge in [-0.25, -0.2) is 0 Å².